The van der Waals surface area contributed by atoms with Crippen LogP contribution in [0.3, 0.4) is 0 Å². The first kappa shape index (κ1) is 20.2. The number of carbonyl (C=O) groups is 3. The topological polar surface area (TPSA) is 78.5 Å². The highest BCUT2D eigenvalue weighted by Gasteiger charge is 2.49. The van der Waals surface area contributed by atoms with Crippen LogP contribution in [-0.2, 0) is 28.0 Å². The van der Waals surface area contributed by atoms with Crippen molar-refractivity contribution >= 4 is 34.3 Å². The third kappa shape index (κ3) is 3.42. The molecule has 2 N–H and O–H groups in total. The molecule has 0 unspecified atom stereocenters. The zero-order valence-electron chi connectivity index (χ0n) is 18.0. The molecule has 0 radical (unpaired) electrons. The molecule has 1 heterocycles. The van der Waals surface area contributed by atoms with Crippen molar-refractivity contribution in [1.82, 2.24) is 10.2 Å². The van der Waals surface area contributed by atoms with E-state index < -0.39 is 17.5 Å². The molecule has 0 spiro atoms. The quantitative estimate of drug-likeness (QED) is 0.615. The monoisotopic (exact) mass is 427 g/mol. The number of nitrogens with one attached hydrogen (secondary N) is 2. The number of amides is 4. The normalized spacial score (nSPS) is 20.2. The summed E-state index contributed by atoms with van der Waals surface area (Å²) in [6.45, 7) is 1.36. The standard InChI is InChI=1S/C26H25N3O3/c1-26(20-14-13-17-7-2-3-9-19(17)15-20)24(31)29(25(32)28-26)16-23(30)27-22-12-6-10-18-8-4-5-11-21(18)22/h2-3,6-7,9-10,12-15H,4-5,8,11,16H2,1H3,(H,27,30)(H,28,32)/t26-/m1/s1. The van der Waals surface area contributed by atoms with Gasteiger partial charge in [0.2, 0.25) is 5.91 Å². The van der Waals surface area contributed by atoms with E-state index in [1.54, 1.807) is 6.92 Å². The van der Waals surface area contributed by atoms with Crippen LogP contribution in [0.25, 0.3) is 10.8 Å². The van der Waals surface area contributed by atoms with Crippen LogP contribution in [0, 0.1) is 0 Å². The minimum atomic E-state index is -1.21. The number of hydrogen-bond acceptors (Lipinski definition) is 3. The second-order valence-electron chi connectivity index (χ2n) is 8.71. The summed E-state index contributed by atoms with van der Waals surface area (Å²) in [5.74, 6) is -0.807. The molecule has 4 amide bonds. The van der Waals surface area contributed by atoms with Gasteiger partial charge in [0, 0.05) is 5.69 Å². The summed E-state index contributed by atoms with van der Waals surface area (Å²) < 4.78 is 0. The smallest absolute Gasteiger partial charge is 0.324 e. The van der Waals surface area contributed by atoms with Gasteiger partial charge in [0.25, 0.3) is 5.91 Å². The lowest BCUT2D eigenvalue weighted by Crippen LogP contribution is -2.42. The van der Waals surface area contributed by atoms with Gasteiger partial charge in [-0.1, -0.05) is 48.5 Å². The van der Waals surface area contributed by atoms with Crippen LogP contribution < -0.4 is 10.6 Å². The SMILES string of the molecule is C[C@]1(c2ccc3ccccc3c2)NC(=O)N(CC(=O)Nc2cccc3c2CCCC3)C1=O. The molecule has 0 bridgehead atoms. The van der Waals surface area contributed by atoms with E-state index in [0.717, 1.165) is 52.6 Å². The fourth-order valence-corrected chi connectivity index (χ4v) is 4.77. The van der Waals surface area contributed by atoms with Gasteiger partial charge in [-0.05, 0) is 72.2 Å². The Morgan fingerprint density at radius 2 is 1.78 bits per heavy atom. The Bertz CT molecular complexity index is 1250. The molecule has 32 heavy (non-hydrogen) atoms. The Labute approximate surface area is 186 Å². The zero-order valence-corrected chi connectivity index (χ0v) is 18.0. The average Bonchev–Trinajstić information content (AvgIpc) is 3.03. The molecule has 0 aromatic heterocycles. The number of imide groups is 1. The molecule has 1 atom stereocenters. The number of fused-ring (bicyclic) bond motifs is 2. The van der Waals surface area contributed by atoms with Crippen LogP contribution in [0.1, 0.15) is 36.5 Å². The summed E-state index contributed by atoms with van der Waals surface area (Å²) in [4.78, 5) is 39.7. The predicted molar refractivity (Wildman–Crippen MR) is 123 cm³/mol. The number of carbonyl (C=O) groups excluding carboxylic acids is 3. The molecule has 5 rings (SSSR count). The van der Waals surface area contributed by atoms with Crippen LogP contribution in [-0.4, -0.2) is 29.3 Å². The van der Waals surface area contributed by atoms with Gasteiger partial charge in [0.15, 0.2) is 0 Å². The summed E-state index contributed by atoms with van der Waals surface area (Å²) >= 11 is 0. The van der Waals surface area contributed by atoms with E-state index in [1.807, 2.05) is 54.6 Å². The predicted octanol–water partition coefficient (Wildman–Crippen LogP) is 4.12. The number of rotatable bonds is 4. The van der Waals surface area contributed by atoms with Crippen molar-refractivity contribution in [1.29, 1.82) is 0 Å². The van der Waals surface area contributed by atoms with E-state index >= 15 is 0 Å². The van der Waals surface area contributed by atoms with Crippen LogP contribution in [0.15, 0.2) is 60.7 Å². The lowest BCUT2D eigenvalue weighted by molar-refractivity contribution is -0.133. The minimum Gasteiger partial charge on any atom is -0.324 e. The summed E-state index contributed by atoms with van der Waals surface area (Å²) in [5, 5.41) is 7.74. The van der Waals surface area contributed by atoms with Gasteiger partial charge in [-0.15, -0.1) is 0 Å². The van der Waals surface area contributed by atoms with E-state index in [2.05, 4.69) is 16.7 Å². The first-order valence-corrected chi connectivity index (χ1v) is 11.0. The van der Waals surface area contributed by atoms with Crippen molar-refractivity contribution in [2.45, 2.75) is 38.1 Å². The highest BCUT2D eigenvalue weighted by atomic mass is 16.2. The fourth-order valence-electron chi connectivity index (χ4n) is 4.77. The van der Waals surface area contributed by atoms with Crippen LogP contribution in [0.2, 0.25) is 0 Å². The number of aryl methyl sites for hydroxylation is 1. The van der Waals surface area contributed by atoms with Gasteiger partial charge in [0.1, 0.15) is 12.1 Å². The van der Waals surface area contributed by atoms with E-state index in [0.29, 0.717) is 5.56 Å². The first-order chi connectivity index (χ1) is 15.5. The number of anilines is 1. The molecule has 6 heteroatoms. The maximum Gasteiger partial charge on any atom is 0.325 e. The Balaban J connectivity index is 1.35. The molecule has 0 saturated carbocycles. The molecule has 3 aromatic carbocycles. The highest BCUT2D eigenvalue weighted by Crippen LogP contribution is 2.31. The third-order valence-corrected chi connectivity index (χ3v) is 6.57. The van der Waals surface area contributed by atoms with Gasteiger partial charge in [0.05, 0.1) is 0 Å². The molecule has 6 nitrogen and oxygen atoms in total. The van der Waals surface area contributed by atoms with Crippen molar-refractivity contribution in [3.8, 4) is 0 Å². The largest absolute Gasteiger partial charge is 0.325 e. The minimum absolute atomic E-state index is 0.322. The fraction of sp³-hybridized carbons (Fsp3) is 0.269. The van der Waals surface area contributed by atoms with Gasteiger partial charge >= 0.3 is 6.03 Å². The van der Waals surface area contributed by atoms with Crippen molar-refractivity contribution in [3.63, 3.8) is 0 Å². The molecule has 1 fully saturated rings. The zero-order chi connectivity index (χ0) is 22.3. The van der Waals surface area contributed by atoms with Crippen molar-refractivity contribution in [3.05, 3.63) is 77.4 Å². The van der Waals surface area contributed by atoms with Crippen LogP contribution in [0.4, 0.5) is 10.5 Å². The average molecular weight is 428 g/mol. The lowest BCUT2D eigenvalue weighted by atomic mass is 9.90. The van der Waals surface area contributed by atoms with Gasteiger partial charge in [-0.25, -0.2) is 4.79 Å². The second-order valence-corrected chi connectivity index (χ2v) is 8.71. The molecular weight excluding hydrogens is 402 g/mol. The molecular formula is C26H25N3O3. The number of urea groups is 1. The summed E-state index contributed by atoms with van der Waals surface area (Å²) in [6.07, 6.45) is 4.18. The highest BCUT2D eigenvalue weighted by molar-refractivity contribution is 6.10. The molecule has 162 valence electrons. The van der Waals surface area contributed by atoms with Gasteiger partial charge in [-0.2, -0.15) is 0 Å². The van der Waals surface area contributed by atoms with E-state index in [-0.39, 0.29) is 12.5 Å². The Hall–Kier alpha value is -3.67. The summed E-state index contributed by atoms with van der Waals surface area (Å²) in [7, 11) is 0. The van der Waals surface area contributed by atoms with Gasteiger partial charge in [-0.3, -0.25) is 14.5 Å². The third-order valence-electron chi connectivity index (χ3n) is 6.57. The summed E-state index contributed by atoms with van der Waals surface area (Å²) in [5.41, 5.74) is 2.66. The second kappa shape index (κ2) is 7.79. The maximum atomic E-state index is 13.3. The van der Waals surface area contributed by atoms with E-state index in [1.165, 1.54) is 5.56 Å². The molecule has 2 aliphatic rings. The number of nitrogens with zero attached hydrogens (tertiary/aromatic N) is 1. The first-order valence-electron chi connectivity index (χ1n) is 11.0. The Morgan fingerprint density at radius 1 is 1.00 bits per heavy atom. The Morgan fingerprint density at radius 3 is 2.62 bits per heavy atom. The van der Waals surface area contributed by atoms with E-state index in [4.69, 9.17) is 0 Å². The van der Waals surface area contributed by atoms with Crippen molar-refractivity contribution < 1.29 is 14.4 Å². The molecule has 1 aliphatic heterocycles. The molecule has 3 aromatic rings. The summed E-state index contributed by atoms with van der Waals surface area (Å²) in [6, 6.07) is 18.9. The number of hydrogen-bond donors (Lipinski definition) is 2. The molecule has 1 saturated heterocycles. The maximum absolute atomic E-state index is 13.3. The van der Waals surface area contributed by atoms with Crippen molar-refractivity contribution in [2.75, 3.05) is 11.9 Å². The Kier molecular flexibility index (Phi) is 4.93. The number of benzene rings is 3. The lowest BCUT2D eigenvalue weighted by Gasteiger charge is -2.23. The van der Waals surface area contributed by atoms with E-state index in [9.17, 15) is 14.4 Å². The van der Waals surface area contributed by atoms with Crippen molar-refractivity contribution in [2.24, 2.45) is 0 Å². The van der Waals surface area contributed by atoms with Gasteiger partial charge < -0.3 is 10.6 Å². The van der Waals surface area contributed by atoms with Crippen LogP contribution in [0.5, 0.6) is 0 Å². The van der Waals surface area contributed by atoms with Crippen LogP contribution >= 0.6 is 0 Å². The molecule has 1 aliphatic carbocycles.